The number of nitrogens with one attached hydrogen (secondary N) is 1. The average Bonchev–Trinajstić information content (AvgIpc) is 3.03. The van der Waals surface area contributed by atoms with Crippen molar-refractivity contribution >= 4 is 35.2 Å². The van der Waals surface area contributed by atoms with Gasteiger partial charge in [0.15, 0.2) is 0 Å². The molecule has 0 aromatic heterocycles. The lowest BCUT2D eigenvalue weighted by molar-refractivity contribution is -0.149. The van der Waals surface area contributed by atoms with Crippen LogP contribution >= 0.6 is 0 Å². The molecule has 9 heteroatoms. The van der Waals surface area contributed by atoms with Gasteiger partial charge in [-0.3, -0.25) is 33.8 Å². The summed E-state index contributed by atoms with van der Waals surface area (Å²) in [6, 6.07) is 10.9. The van der Waals surface area contributed by atoms with Crippen LogP contribution in [0.5, 0.6) is 0 Å². The summed E-state index contributed by atoms with van der Waals surface area (Å²) >= 11 is 0. The predicted octanol–water partition coefficient (Wildman–Crippen LogP) is 1.18. The molecule has 1 atom stereocenters. The van der Waals surface area contributed by atoms with E-state index in [4.69, 9.17) is 5.73 Å². The van der Waals surface area contributed by atoms with Gasteiger partial charge in [-0.2, -0.15) is 0 Å². The van der Waals surface area contributed by atoms with E-state index in [1.165, 1.54) is 7.05 Å². The Balaban J connectivity index is 1.54. The number of piperidine rings is 1. The Morgan fingerprint density at radius 3 is 2.56 bits per heavy atom. The zero-order chi connectivity index (χ0) is 23.0. The summed E-state index contributed by atoms with van der Waals surface area (Å²) in [5, 5.41) is 3.16. The molecule has 0 saturated carbocycles. The minimum Gasteiger partial charge on any atom is -0.384 e. The second kappa shape index (κ2) is 8.26. The minimum atomic E-state index is -1.000. The summed E-state index contributed by atoms with van der Waals surface area (Å²) in [6.07, 6.45) is 0.674. The van der Waals surface area contributed by atoms with Crippen LogP contribution in [-0.2, 0) is 16.0 Å². The molecule has 0 bridgehead atoms. The molecule has 5 amide bonds. The first-order chi connectivity index (χ1) is 15.3. The SMILES string of the molecule is CN1C(=O)CCC(N2C(=O)c3cccc(NCCc4ccccc4C(N)=O)c3C2=O)C1=O. The quantitative estimate of drug-likeness (QED) is 0.657. The number of likely N-dealkylation sites (tertiary alicyclic amines) is 1. The van der Waals surface area contributed by atoms with Crippen molar-refractivity contribution in [2.45, 2.75) is 25.3 Å². The van der Waals surface area contributed by atoms with E-state index >= 15 is 0 Å². The molecule has 2 aliphatic rings. The van der Waals surface area contributed by atoms with Gasteiger partial charge in [-0.05, 0) is 36.6 Å². The molecule has 4 rings (SSSR count). The third-order valence-electron chi connectivity index (χ3n) is 5.87. The van der Waals surface area contributed by atoms with Gasteiger partial charge in [0.1, 0.15) is 6.04 Å². The molecule has 2 aromatic rings. The Morgan fingerprint density at radius 2 is 1.81 bits per heavy atom. The lowest BCUT2D eigenvalue weighted by Crippen LogP contribution is -2.54. The van der Waals surface area contributed by atoms with Crippen molar-refractivity contribution in [3.63, 3.8) is 0 Å². The summed E-state index contributed by atoms with van der Waals surface area (Å²) in [6.45, 7) is 0.391. The number of amides is 5. The Morgan fingerprint density at radius 1 is 1.06 bits per heavy atom. The van der Waals surface area contributed by atoms with Gasteiger partial charge in [-0.15, -0.1) is 0 Å². The summed E-state index contributed by atoms with van der Waals surface area (Å²) in [4.78, 5) is 64.0. The third-order valence-corrected chi connectivity index (χ3v) is 5.87. The van der Waals surface area contributed by atoms with Crippen molar-refractivity contribution in [3.8, 4) is 0 Å². The molecule has 0 radical (unpaired) electrons. The number of carbonyl (C=O) groups excluding carboxylic acids is 5. The second-order valence-corrected chi connectivity index (χ2v) is 7.75. The number of rotatable bonds is 6. The van der Waals surface area contributed by atoms with E-state index in [0.717, 1.165) is 15.4 Å². The molecule has 1 fully saturated rings. The summed E-state index contributed by atoms with van der Waals surface area (Å²) in [7, 11) is 1.35. The van der Waals surface area contributed by atoms with E-state index in [-0.39, 0.29) is 29.9 Å². The molecule has 9 nitrogen and oxygen atoms in total. The number of hydrogen-bond acceptors (Lipinski definition) is 6. The normalized spacial score (nSPS) is 18.2. The Labute approximate surface area is 184 Å². The zero-order valence-electron chi connectivity index (χ0n) is 17.5. The number of carbonyl (C=O) groups is 5. The summed E-state index contributed by atoms with van der Waals surface area (Å²) < 4.78 is 0. The molecule has 2 heterocycles. The standard InChI is InChI=1S/C23H22N4O5/c1-26-18(28)10-9-17(22(26)31)27-21(30)15-7-4-8-16(19(15)23(27)32)25-12-11-13-5-2-3-6-14(13)20(24)29/h2-8,17,25H,9-12H2,1H3,(H2,24,29). The van der Waals surface area contributed by atoms with Crippen molar-refractivity contribution in [1.29, 1.82) is 0 Å². The van der Waals surface area contributed by atoms with E-state index < -0.39 is 29.7 Å². The smallest absolute Gasteiger partial charge is 0.264 e. The first-order valence-corrected chi connectivity index (χ1v) is 10.2. The predicted molar refractivity (Wildman–Crippen MR) is 115 cm³/mol. The van der Waals surface area contributed by atoms with E-state index in [1.807, 2.05) is 6.07 Å². The number of nitrogens with zero attached hydrogens (tertiary/aromatic N) is 2. The number of imide groups is 2. The fraction of sp³-hybridized carbons (Fsp3) is 0.261. The maximum atomic E-state index is 13.2. The molecule has 1 unspecified atom stereocenters. The molecule has 32 heavy (non-hydrogen) atoms. The third kappa shape index (κ3) is 3.51. The van der Waals surface area contributed by atoms with Crippen molar-refractivity contribution in [3.05, 3.63) is 64.7 Å². The van der Waals surface area contributed by atoms with Gasteiger partial charge in [0.05, 0.1) is 11.1 Å². The second-order valence-electron chi connectivity index (χ2n) is 7.75. The fourth-order valence-corrected chi connectivity index (χ4v) is 4.18. The van der Waals surface area contributed by atoms with Gasteiger partial charge in [0.2, 0.25) is 11.8 Å². The van der Waals surface area contributed by atoms with Crippen LogP contribution in [0.4, 0.5) is 5.69 Å². The van der Waals surface area contributed by atoms with Crippen LogP contribution in [-0.4, -0.2) is 59.0 Å². The maximum Gasteiger partial charge on any atom is 0.264 e. The van der Waals surface area contributed by atoms with Crippen LogP contribution in [0.1, 0.15) is 49.5 Å². The molecule has 164 valence electrons. The number of primary amides is 1. The van der Waals surface area contributed by atoms with Crippen molar-refractivity contribution in [1.82, 2.24) is 9.80 Å². The topological polar surface area (TPSA) is 130 Å². The van der Waals surface area contributed by atoms with Gasteiger partial charge in [0.25, 0.3) is 17.7 Å². The number of likely N-dealkylation sites (N-methyl/N-ethyl adjacent to an activating group) is 1. The molecule has 2 aromatic carbocycles. The van der Waals surface area contributed by atoms with Crippen LogP contribution in [0.3, 0.4) is 0 Å². The zero-order valence-corrected chi connectivity index (χ0v) is 17.5. The fourth-order valence-electron chi connectivity index (χ4n) is 4.18. The van der Waals surface area contributed by atoms with Crippen LogP contribution < -0.4 is 11.1 Å². The molecular weight excluding hydrogens is 412 g/mol. The van der Waals surface area contributed by atoms with Gasteiger partial charge < -0.3 is 11.1 Å². The Kier molecular flexibility index (Phi) is 5.48. The molecule has 0 aliphatic carbocycles. The lowest BCUT2D eigenvalue weighted by atomic mass is 10.0. The number of fused-ring (bicyclic) bond motifs is 1. The number of nitrogens with two attached hydrogens (primary N) is 1. The average molecular weight is 434 g/mol. The molecular formula is C23H22N4O5. The Hall–Kier alpha value is -4.01. The van der Waals surface area contributed by atoms with Crippen molar-refractivity contribution < 1.29 is 24.0 Å². The lowest BCUT2D eigenvalue weighted by Gasteiger charge is -2.32. The van der Waals surface area contributed by atoms with Gasteiger partial charge >= 0.3 is 0 Å². The van der Waals surface area contributed by atoms with Crippen LogP contribution in [0.25, 0.3) is 0 Å². The van der Waals surface area contributed by atoms with Gasteiger partial charge in [-0.25, -0.2) is 0 Å². The molecule has 1 saturated heterocycles. The molecule has 3 N–H and O–H groups in total. The number of anilines is 1. The van der Waals surface area contributed by atoms with E-state index in [1.54, 1.807) is 36.4 Å². The number of benzene rings is 2. The van der Waals surface area contributed by atoms with Crippen molar-refractivity contribution in [2.24, 2.45) is 5.73 Å². The summed E-state index contributed by atoms with van der Waals surface area (Å²) in [5.74, 6) is -2.52. The highest BCUT2D eigenvalue weighted by Gasteiger charge is 2.47. The largest absolute Gasteiger partial charge is 0.384 e. The first kappa shape index (κ1) is 21.2. The highest BCUT2D eigenvalue weighted by atomic mass is 16.2. The van der Waals surface area contributed by atoms with Gasteiger partial charge in [0, 0.05) is 31.3 Å². The highest BCUT2D eigenvalue weighted by molar-refractivity contribution is 6.25. The summed E-state index contributed by atoms with van der Waals surface area (Å²) in [5.41, 5.74) is 7.50. The minimum absolute atomic E-state index is 0.0880. The van der Waals surface area contributed by atoms with E-state index in [9.17, 15) is 24.0 Å². The first-order valence-electron chi connectivity index (χ1n) is 10.2. The van der Waals surface area contributed by atoms with Crippen LogP contribution in [0.15, 0.2) is 42.5 Å². The van der Waals surface area contributed by atoms with Gasteiger partial charge in [-0.1, -0.05) is 24.3 Å². The van der Waals surface area contributed by atoms with Crippen LogP contribution in [0, 0.1) is 0 Å². The van der Waals surface area contributed by atoms with Crippen molar-refractivity contribution in [2.75, 3.05) is 18.9 Å². The van der Waals surface area contributed by atoms with E-state index in [0.29, 0.717) is 24.2 Å². The molecule has 2 aliphatic heterocycles. The Bertz CT molecular complexity index is 1160. The van der Waals surface area contributed by atoms with Crippen LogP contribution in [0.2, 0.25) is 0 Å². The number of hydrogen-bond donors (Lipinski definition) is 2. The monoisotopic (exact) mass is 434 g/mol. The maximum absolute atomic E-state index is 13.2. The van der Waals surface area contributed by atoms with E-state index in [2.05, 4.69) is 5.32 Å². The molecule has 0 spiro atoms. The highest BCUT2D eigenvalue weighted by Crippen LogP contribution is 2.33.